The minimum absolute atomic E-state index is 0.0345. The van der Waals surface area contributed by atoms with Crippen LogP contribution >= 0.6 is 0 Å². The van der Waals surface area contributed by atoms with Gasteiger partial charge in [-0.05, 0) is 31.7 Å². The van der Waals surface area contributed by atoms with Crippen molar-refractivity contribution in [2.24, 2.45) is 5.92 Å². The lowest BCUT2D eigenvalue weighted by atomic mass is 9.85. The van der Waals surface area contributed by atoms with Crippen molar-refractivity contribution in [3.05, 3.63) is 30.2 Å². The van der Waals surface area contributed by atoms with Crippen LogP contribution in [0.25, 0.3) is 5.65 Å². The highest BCUT2D eigenvalue weighted by Crippen LogP contribution is 2.24. The van der Waals surface area contributed by atoms with Crippen molar-refractivity contribution in [3.8, 4) is 0 Å². The lowest BCUT2D eigenvalue weighted by molar-refractivity contribution is -0.126. The van der Waals surface area contributed by atoms with Gasteiger partial charge < -0.3 is 15.4 Å². The number of nitrogens with one attached hydrogen (secondary N) is 2. The van der Waals surface area contributed by atoms with Crippen molar-refractivity contribution < 1.29 is 14.3 Å². The molecule has 0 aromatic carbocycles. The summed E-state index contributed by atoms with van der Waals surface area (Å²) in [5, 5.41) is 10.4. The second-order valence-corrected chi connectivity index (χ2v) is 7.72. The first-order chi connectivity index (χ1) is 14.2. The third kappa shape index (κ3) is 5.10. The molecule has 2 aliphatic rings. The van der Waals surface area contributed by atoms with Gasteiger partial charge in [0.1, 0.15) is 0 Å². The standard InChI is InChI=1S/C20H28N6O3/c27-19(22-7-9-25-10-12-29-13-11-25)15-2-4-16(5-3-15)23-20(28)17-14-18-21-6-1-8-26(18)24-17/h1,6,8,14-16H,2-5,7,9-13H2,(H,22,27)(H,23,28). The van der Waals surface area contributed by atoms with Gasteiger partial charge in [-0.3, -0.25) is 14.5 Å². The molecule has 9 heteroatoms. The molecule has 1 aliphatic carbocycles. The molecule has 1 saturated carbocycles. The number of hydrogen-bond donors (Lipinski definition) is 2. The van der Waals surface area contributed by atoms with Gasteiger partial charge in [0.25, 0.3) is 5.91 Å². The van der Waals surface area contributed by atoms with E-state index in [-0.39, 0.29) is 23.8 Å². The molecule has 1 saturated heterocycles. The summed E-state index contributed by atoms with van der Waals surface area (Å²) in [5.74, 6) is -0.0180. The van der Waals surface area contributed by atoms with Crippen molar-refractivity contribution in [2.75, 3.05) is 39.4 Å². The number of fused-ring (bicyclic) bond motifs is 1. The van der Waals surface area contributed by atoms with Crippen LogP contribution in [-0.4, -0.2) is 76.7 Å². The molecule has 156 valence electrons. The van der Waals surface area contributed by atoms with Crippen molar-refractivity contribution in [1.82, 2.24) is 30.1 Å². The monoisotopic (exact) mass is 400 g/mol. The first-order valence-corrected chi connectivity index (χ1v) is 10.4. The quantitative estimate of drug-likeness (QED) is 0.731. The zero-order valence-electron chi connectivity index (χ0n) is 16.5. The van der Waals surface area contributed by atoms with E-state index in [0.29, 0.717) is 17.9 Å². The van der Waals surface area contributed by atoms with Crippen LogP contribution in [0.4, 0.5) is 0 Å². The van der Waals surface area contributed by atoms with E-state index in [0.717, 1.165) is 58.5 Å². The Kier molecular flexibility index (Phi) is 6.36. The molecule has 4 rings (SSSR count). The summed E-state index contributed by atoms with van der Waals surface area (Å²) in [4.78, 5) is 31.4. The number of rotatable bonds is 6. The number of hydrogen-bond acceptors (Lipinski definition) is 6. The van der Waals surface area contributed by atoms with Crippen LogP contribution < -0.4 is 10.6 Å². The molecule has 0 spiro atoms. The highest BCUT2D eigenvalue weighted by Gasteiger charge is 2.27. The minimum Gasteiger partial charge on any atom is -0.379 e. The largest absolute Gasteiger partial charge is 0.379 e. The van der Waals surface area contributed by atoms with Crippen LogP contribution in [0.3, 0.4) is 0 Å². The smallest absolute Gasteiger partial charge is 0.272 e. The van der Waals surface area contributed by atoms with E-state index in [4.69, 9.17) is 4.74 Å². The molecule has 2 aromatic heterocycles. The van der Waals surface area contributed by atoms with Crippen molar-refractivity contribution in [1.29, 1.82) is 0 Å². The molecule has 2 N–H and O–H groups in total. The van der Waals surface area contributed by atoms with E-state index < -0.39 is 0 Å². The number of ether oxygens (including phenoxy) is 1. The van der Waals surface area contributed by atoms with Gasteiger partial charge in [-0.1, -0.05) is 0 Å². The fourth-order valence-electron chi connectivity index (χ4n) is 4.01. The zero-order chi connectivity index (χ0) is 20.1. The zero-order valence-corrected chi connectivity index (χ0v) is 16.5. The Morgan fingerprint density at radius 2 is 1.97 bits per heavy atom. The molecule has 0 bridgehead atoms. The second kappa shape index (κ2) is 9.32. The summed E-state index contributed by atoms with van der Waals surface area (Å²) in [6.45, 7) is 4.96. The fraction of sp³-hybridized carbons (Fsp3) is 0.600. The predicted molar refractivity (Wildman–Crippen MR) is 106 cm³/mol. The van der Waals surface area contributed by atoms with Crippen molar-refractivity contribution in [2.45, 2.75) is 31.7 Å². The number of morpholine rings is 1. The molecule has 2 fully saturated rings. The molecule has 29 heavy (non-hydrogen) atoms. The lowest BCUT2D eigenvalue weighted by Gasteiger charge is -2.29. The van der Waals surface area contributed by atoms with Gasteiger partial charge in [-0.25, -0.2) is 9.50 Å². The van der Waals surface area contributed by atoms with Crippen LogP contribution in [0.1, 0.15) is 36.2 Å². The molecule has 1 aliphatic heterocycles. The maximum Gasteiger partial charge on any atom is 0.272 e. The summed E-state index contributed by atoms with van der Waals surface area (Å²) in [6, 6.07) is 3.54. The van der Waals surface area contributed by atoms with Gasteiger partial charge in [0.15, 0.2) is 11.3 Å². The van der Waals surface area contributed by atoms with Gasteiger partial charge in [-0.2, -0.15) is 5.10 Å². The summed E-state index contributed by atoms with van der Waals surface area (Å²) < 4.78 is 6.93. The third-order valence-corrected chi connectivity index (χ3v) is 5.73. The van der Waals surface area contributed by atoms with E-state index in [2.05, 4.69) is 25.6 Å². The second-order valence-electron chi connectivity index (χ2n) is 7.72. The van der Waals surface area contributed by atoms with Crippen molar-refractivity contribution in [3.63, 3.8) is 0 Å². The van der Waals surface area contributed by atoms with E-state index in [1.165, 1.54) is 0 Å². The third-order valence-electron chi connectivity index (χ3n) is 5.73. The molecule has 9 nitrogen and oxygen atoms in total. The Morgan fingerprint density at radius 1 is 1.17 bits per heavy atom. The molecule has 0 unspecified atom stereocenters. The van der Waals surface area contributed by atoms with Gasteiger partial charge in [0, 0.05) is 56.6 Å². The maximum absolute atomic E-state index is 12.5. The van der Waals surface area contributed by atoms with E-state index in [1.54, 1.807) is 29.0 Å². The first kappa shape index (κ1) is 19.8. The molecule has 0 atom stereocenters. The Hall–Kier alpha value is -2.52. The Morgan fingerprint density at radius 3 is 2.72 bits per heavy atom. The van der Waals surface area contributed by atoms with Gasteiger partial charge >= 0.3 is 0 Å². The van der Waals surface area contributed by atoms with Crippen LogP contribution in [0.5, 0.6) is 0 Å². The number of nitrogens with zero attached hydrogens (tertiary/aromatic N) is 4. The number of carbonyl (C=O) groups is 2. The number of carbonyl (C=O) groups excluding carboxylic acids is 2. The minimum atomic E-state index is -0.186. The predicted octanol–water partition coefficient (Wildman–Crippen LogP) is 0.466. The van der Waals surface area contributed by atoms with Crippen LogP contribution in [0.2, 0.25) is 0 Å². The van der Waals surface area contributed by atoms with Crippen LogP contribution in [-0.2, 0) is 9.53 Å². The van der Waals surface area contributed by atoms with Crippen LogP contribution in [0, 0.1) is 5.92 Å². The lowest BCUT2D eigenvalue weighted by Crippen LogP contribution is -2.44. The van der Waals surface area contributed by atoms with Gasteiger partial charge in [-0.15, -0.1) is 0 Å². The normalized spacial score (nSPS) is 23.0. The van der Waals surface area contributed by atoms with Gasteiger partial charge in [0.2, 0.25) is 5.91 Å². The molecule has 3 heterocycles. The summed E-state index contributed by atoms with van der Waals surface area (Å²) >= 11 is 0. The van der Waals surface area contributed by atoms with E-state index >= 15 is 0 Å². The average Bonchev–Trinajstić information content (AvgIpc) is 3.19. The number of aromatic nitrogens is 3. The average molecular weight is 400 g/mol. The SMILES string of the molecule is O=C(NC1CCC(C(=O)NCCN2CCOCC2)CC1)c1cc2ncccn2n1. The fourth-order valence-corrected chi connectivity index (χ4v) is 4.01. The van der Waals surface area contributed by atoms with E-state index in [9.17, 15) is 9.59 Å². The first-order valence-electron chi connectivity index (χ1n) is 10.4. The van der Waals surface area contributed by atoms with Crippen molar-refractivity contribution >= 4 is 17.5 Å². The highest BCUT2D eigenvalue weighted by atomic mass is 16.5. The van der Waals surface area contributed by atoms with Gasteiger partial charge in [0.05, 0.1) is 13.2 Å². The Bertz CT molecular complexity index is 807. The maximum atomic E-state index is 12.5. The number of amides is 2. The van der Waals surface area contributed by atoms with E-state index in [1.807, 2.05) is 0 Å². The summed E-state index contributed by atoms with van der Waals surface area (Å²) in [5.41, 5.74) is 1.02. The molecular formula is C20H28N6O3. The Labute approximate surface area is 169 Å². The molecule has 0 radical (unpaired) electrons. The molecular weight excluding hydrogens is 372 g/mol. The topological polar surface area (TPSA) is 101 Å². The molecule has 2 amide bonds. The molecule has 2 aromatic rings. The summed E-state index contributed by atoms with van der Waals surface area (Å²) in [6.07, 6.45) is 6.63. The van der Waals surface area contributed by atoms with Crippen LogP contribution in [0.15, 0.2) is 24.5 Å². The summed E-state index contributed by atoms with van der Waals surface area (Å²) in [7, 11) is 0. The Balaban J connectivity index is 1.18. The highest BCUT2D eigenvalue weighted by molar-refractivity contribution is 5.93.